The molecule has 66 heavy (non-hydrogen) atoms. The quantitative estimate of drug-likeness (QED) is 0.0264. The Bertz CT molecular complexity index is 2590. The summed E-state index contributed by atoms with van der Waals surface area (Å²) in [4.78, 5) is 28.3. The molecule has 10 N–H and O–H groups in total. The van der Waals surface area contributed by atoms with Gasteiger partial charge in [0.15, 0.2) is 0 Å². The van der Waals surface area contributed by atoms with Crippen molar-refractivity contribution >= 4 is 150 Å². The van der Waals surface area contributed by atoms with Gasteiger partial charge in [0.2, 0.25) is 35.7 Å². The molecule has 6 aromatic rings. The van der Waals surface area contributed by atoms with Crippen LogP contribution in [-0.4, -0.2) is 188 Å². The summed E-state index contributed by atoms with van der Waals surface area (Å²) in [5.41, 5.74) is 1.36. The third-order valence-corrected chi connectivity index (χ3v) is 10.7. The second-order valence-electron chi connectivity index (χ2n) is 13.5. The normalized spacial score (nSPS) is 11.3. The van der Waals surface area contributed by atoms with Gasteiger partial charge in [0, 0.05) is 48.9 Å². The summed E-state index contributed by atoms with van der Waals surface area (Å²) in [6.45, 7) is -0.796. The third-order valence-electron chi connectivity index (χ3n) is 8.89. The summed E-state index contributed by atoms with van der Waals surface area (Å²) in [5, 5.41) is 50.4. The van der Waals surface area contributed by atoms with Crippen LogP contribution in [0.25, 0.3) is 12.2 Å². The monoisotopic (exact) mass is 964 g/mol. The van der Waals surface area contributed by atoms with Crippen LogP contribution >= 0.6 is 0 Å². The Morgan fingerprint density at radius 3 is 1.03 bits per heavy atom. The van der Waals surface area contributed by atoms with Crippen LogP contribution in [0.1, 0.15) is 11.1 Å². The maximum absolute atomic E-state index is 12.7. The van der Waals surface area contributed by atoms with E-state index in [-0.39, 0.29) is 170 Å². The number of para-hydroxylation sites is 2. The van der Waals surface area contributed by atoms with Crippen molar-refractivity contribution in [3.8, 4) is 0 Å². The molecule has 0 radical (unpaired) electrons. The van der Waals surface area contributed by atoms with Crippen LogP contribution in [0.4, 0.5) is 58.4 Å². The van der Waals surface area contributed by atoms with E-state index in [4.69, 9.17) is 0 Å². The molecule has 2 heterocycles. The summed E-state index contributed by atoms with van der Waals surface area (Å²) >= 11 is 0. The Balaban J connectivity index is 0.00000476. The molecule has 2 aromatic heterocycles. The first-order valence-corrected chi connectivity index (χ1v) is 22.2. The van der Waals surface area contributed by atoms with Gasteiger partial charge in [-0.15, -0.1) is 0 Å². The fourth-order valence-corrected chi connectivity index (χ4v) is 7.45. The van der Waals surface area contributed by atoms with E-state index in [9.17, 15) is 46.4 Å². The molecule has 0 spiro atoms. The molecule has 0 saturated heterocycles. The average molecular weight is 965 g/mol. The van der Waals surface area contributed by atoms with Crippen LogP contribution in [0.3, 0.4) is 0 Å². The number of aromatic nitrogens is 6. The fraction of sp³-hybridized carbons (Fsp3) is 0.200. The van der Waals surface area contributed by atoms with Crippen molar-refractivity contribution in [2.45, 2.75) is 9.79 Å². The Morgan fingerprint density at radius 2 is 0.742 bits per heavy atom. The molecule has 0 fully saturated rings. The van der Waals surface area contributed by atoms with Crippen molar-refractivity contribution in [2.75, 3.05) is 83.7 Å². The summed E-state index contributed by atoms with van der Waals surface area (Å²) < 4.78 is 71.5. The van der Waals surface area contributed by atoms with Gasteiger partial charge >= 0.3 is 59.1 Å². The van der Waals surface area contributed by atoms with Crippen LogP contribution < -0.4 is 31.1 Å². The SMILES string of the molecule is O=S(=O)(O)c1cc(Nc2nc(Nc3ccccc3)nc(N(CCO)CCO)n2)ccc1/C=C/c1ccc(Nc2nc(Nc3ccccc3)nc(N(CCO)CCO)n2)cc1S(=O)(=O)O.[NaH].[NaH]. The predicted molar refractivity (Wildman–Crippen MR) is 254 cm³/mol. The first-order valence-electron chi connectivity index (χ1n) is 19.3. The summed E-state index contributed by atoms with van der Waals surface area (Å²) in [6, 6.07) is 25.7. The summed E-state index contributed by atoms with van der Waals surface area (Å²) in [7, 11) is -9.82. The zero-order chi connectivity index (χ0) is 45.7. The molecule has 0 amide bonds. The molecular formula is C40H46N12Na2O10S2. The maximum atomic E-state index is 12.7. The number of benzene rings is 4. The van der Waals surface area contributed by atoms with E-state index >= 15 is 0 Å². The van der Waals surface area contributed by atoms with Gasteiger partial charge in [0.1, 0.15) is 9.79 Å². The minimum atomic E-state index is -4.91. The van der Waals surface area contributed by atoms with Crippen LogP contribution in [0.2, 0.25) is 0 Å². The summed E-state index contributed by atoms with van der Waals surface area (Å²) in [5.74, 6) is 0.187. The molecule has 4 aromatic carbocycles. The molecule has 0 saturated carbocycles. The predicted octanol–water partition coefficient (Wildman–Crippen LogP) is 1.98. The van der Waals surface area contributed by atoms with Gasteiger partial charge in [-0.05, 0) is 59.7 Å². The van der Waals surface area contributed by atoms with E-state index in [1.807, 2.05) is 12.1 Å². The molecule has 0 atom stereocenters. The van der Waals surface area contributed by atoms with E-state index in [1.165, 1.54) is 46.2 Å². The zero-order valence-electron chi connectivity index (χ0n) is 33.8. The number of hydrogen-bond donors (Lipinski definition) is 10. The molecule has 0 aliphatic heterocycles. The molecule has 340 valence electrons. The van der Waals surface area contributed by atoms with Crippen LogP contribution in [0, 0.1) is 0 Å². The molecule has 0 aliphatic carbocycles. The fourth-order valence-electron chi connectivity index (χ4n) is 6.03. The molecular weight excluding hydrogens is 919 g/mol. The van der Waals surface area contributed by atoms with Crippen molar-refractivity contribution in [1.29, 1.82) is 0 Å². The third kappa shape index (κ3) is 15.3. The Kier molecular flexibility index (Phi) is 20.6. The van der Waals surface area contributed by atoms with Crippen molar-refractivity contribution in [1.82, 2.24) is 29.9 Å². The standard InChI is InChI=1S/C40H44N12O10S2.2Na.2H/c53-21-17-51(18-22-54)39-47-35(41-29-7-3-1-4-8-29)45-37(49-39)43-31-15-13-27(33(25-31)63(57,58)59)11-12-28-14-16-32(26-34(28)64(60,61)62)44-38-46-36(42-30-9-5-2-6-10-30)48-40(50-38)52(19-23-55)20-24-56;;;;/h1-16,25-26,53-56H,17-24H2,(H,57,58,59)(H,60,61,62)(H2,41,43,45,47,49)(H2,42,44,46,48,50);;;;/b12-11+;;;;. The van der Waals surface area contributed by atoms with Crippen molar-refractivity contribution < 1.29 is 46.4 Å². The topological polar surface area (TPSA) is 322 Å². The zero-order valence-corrected chi connectivity index (χ0v) is 35.4. The van der Waals surface area contributed by atoms with Gasteiger partial charge in [-0.1, -0.05) is 60.7 Å². The Hall–Kier alpha value is -4.90. The number of nitrogens with one attached hydrogen (secondary N) is 4. The van der Waals surface area contributed by atoms with Gasteiger partial charge in [0.25, 0.3) is 20.2 Å². The van der Waals surface area contributed by atoms with E-state index in [0.717, 1.165) is 12.1 Å². The second kappa shape index (κ2) is 25.3. The molecule has 0 aliphatic rings. The van der Waals surface area contributed by atoms with Gasteiger partial charge in [-0.3, -0.25) is 9.11 Å². The van der Waals surface area contributed by atoms with E-state index < -0.39 is 30.0 Å². The molecule has 0 bridgehead atoms. The first-order chi connectivity index (χ1) is 30.8. The van der Waals surface area contributed by atoms with Gasteiger partial charge in [0.05, 0.1) is 26.4 Å². The number of nitrogens with zero attached hydrogens (tertiary/aromatic N) is 8. The Labute approximate surface area is 424 Å². The molecule has 0 unspecified atom stereocenters. The number of hydrogen-bond acceptors (Lipinski definition) is 20. The van der Waals surface area contributed by atoms with Crippen molar-refractivity contribution in [3.63, 3.8) is 0 Å². The first kappa shape index (κ1) is 53.7. The Morgan fingerprint density at radius 1 is 0.439 bits per heavy atom. The second-order valence-corrected chi connectivity index (χ2v) is 16.2. The number of rotatable bonds is 22. The molecule has 6 rings (SSSR count). The van der Waals surface area contributed by atoms with Gasteiger partial charge in [-0.2, -0.15) is 46.7 Å². The minimum absolute atomic E-state index is 0. The number of aliphatic hydroxyl groups excluding tert-OH is 4. The van der Waals surface area contributed by atoms with Crippen LogP contribution in [0.5, 0.6) is 0 Å². The number of anilines is 10. The number of aliphatic hydroxyl groups is 4. The van der Waals surface area contributed by atoms with Crippen LogP contribution in [-0.2, 0) is 20.2 Å². The van der Waals surface area contributed by atoms with E-state index in [0.29, 0.717) is 11.4 Å². The molecule has 22 nitrogen and oxygen atoms in total. The molecule has 26 heteroatoms. The van der Waals surface area contributed by atoms with Gasteiger partial charge in [-0.25, -0.2) is 0 Å². The van der Waals surface area contributed by atoms with Crippen molar-refractivity contribution in [3.05, 3.63) is 108 Å². The van der Waals surface area contributed by atoms with E-state index in [2.05, 4.69) is 51.2 Å². The summed E-state index contributed by atoms with van der Waals surface area (Å²) in [6.07, 6.45) is 2.45. The van der Waals surface area contributed by atoms with Crippen molar-refractivity contribution in [2.24, 2.45) is 0 Å². The van der Waals surface area contributed by atoms with Crippen LogP contribution in [0.15, 0.2) is 107 Å². The van der Waals surface area contributed by atoms with Gasteiger partial charge < -0.3 is 51.5 Å². The average Bonchev–Trinajstić information content (AvgIpc) is 3.26. The van der Waals surface area contributed by atoms with E-state index in [1.54, 1.807) is 48.5 Å².